The largest absolute Gasteiger partial charge is 0.206 e. The van der Waals surface area contributed by atoms with Crippen LogP contribution in [0, 0.1) is 24.1 Å². The summed E-state index contributed by atoms with van der Waals surface area (Å²) < 4.78 is 13.8. The number of rotatable bonds is 2. The first-order valence-corrected chi connectivity index (χ1v) is 5.91. The van der Waals surface area contributed by atoms with Crippen molar-refractivity contribution in [1.82, 2.24) is 0 Å². The summed E-state index contributed by atoms with van der Waals surface area (Å²) in [6, 6.07) is 12.3. The molecule has 0 bridgehead atoms. The van der Waals surface area contributed by atoms with Crippen LogP contribution in [0.25, 0.3) is 11.1 Å². The second kappa shape index (κ2) is 5.20. The quantitative estimate of drug-likeness (QED) is 0.778. The minimum absolute atomic E-state index is 0.335. The van der Waals surface area contributed by atoms with Crippen molar-refractivity contribution in [1.29, 1.82) is 5.26 Å². The van der Waals surface area contributed by atoms with Crippen molar-refractivity contribution < 1.29 is 4.39 Å². The Bertz CT molecular complexity index is 629. The zero-order valence-corrected chi connectivity index (χ0v) is 10.6. The minimum atomic E-state index is -0.335. The monoisotopic (exact) mass is 259 g/mol. The van der Waals surface area contributed by atoms with Crippen molar-refractivity contribution in [3.05, 3.63) is 58.4 Å². The third-order valence-electron chi connectivity index (χ3n) is 2.80. The highest BCUT2D eigenvalue weighted by Gasteiger charge is 2.08. The lowest BCUT2D eigenvalue weighted by molar-refractivity contribution is 0.631. The minimum Gasteiger partial charge on any atom is -0.206 e. The summed E-state index contributed by atoms with van der Waals surface area (Å²) in [6.45, 7) is 1.91. The summed E-state index contributed by atoms with van der Waals surface area (Å²) >= 11 is 5.73. The van der Waals surface area contributed by atoms with Crippen LogP contribution in [-0.2, 0) is 6.42 Å². The van der Waals surface area contributed by atoms with Crippen LogP contribution in [0.15, 0.2) is 36.4 Å². The van der Waals surface area contributed by atoms with Gasteiger partial charge in [0.15, 0.2) is 0 Å². The molecular weight excluding hydrogens is 249 g/mol. The second-order valence-corrected chi connectivity index (χ2v) is 4.54. The van der Waals surface area contributed by atoms with Gasteiger partial charge in [0.05, 0.1) is 12.5 Å². The number of aryl methyl sites for hydroxylation is 1. The van der Waals surface area contributed by atoms with Gasteiger partial charge >= 0.3 is 0 Å². The maximum atomic E-state index is 13.8. The molecule has 0 N–H and O–H groups in total. The Labute approximate surface area is 110 Å². The van der Waals surface area contributed by atoms with Gasteiger partial charge < -0.3 is 0 Å². The number of hydrogen-bond acceptors (Lipinski definition) is 1. The van der Waals surface area contributed by atoms with E-state index in [1.54, 1.807) is 12.1 Å². The summed E-state index contributed by atoms with van der Waals surface area (Å²) in [5, 5.41) is 9.03. The molecule has 0 spiro atoms. The molecule has 1 nitrogen and oxygen atoms in total. The molecule has 0 atom stereocenters. The summed E-state index contributed by atoms with van der Waals surface area (Å²) in [5.74, 6) is -0.335. The van der Waals surface area contributed by atoms with Crippen LogP contribution in [0.4, 0.5) is 4.39 Å². The Hall–Kier alpha value is -1.85. The fraction of sp³-hybridized carbons (Fsp3) is 0.133. The third kappa shape index (κ3) is 2.52. The van der Waals surface area contributed by atoms with Crippen molar-refractivity contribution in [2.45, 2.75) is 13.3 Å². The van der Waals surface area contributed by atoms with Crippen molar-refractivity contribution in [2.75, 3.05) is 0 Å². The highest BCUT2D eigenvalue weighted by molar-refractivity contribution is 6.30. The zero-order chi connectivity index (χ0) is 13.1. The van der Waals surface area contributed by atoms with E-state index in [9.17, 15) is 4.39 Å². The van der Waals surface area contributed by atoms with Gasteiger partial charge in [0.25, 0.3) is 0 Å². The van der Waals surface area contributed by atoms with Crippen molar-refractivity contribution in [2.24, 2.45) is 0 Å². The lowest BCUT2D eigenvalue weighted by atomic mass is 9.97. The van der Waals surface area contributed by atoms with Gasteiger partial charge in [-0.2, -0.15) is 5.26 Å². The van der Waals surface area contributed by atoms with E-state index in [4.69, 9.17) is 16.9 Å². The van der Waals surface area contributed by atoms with Crippen molar-refractivity contribution in [3.8, 4) is 17.2 Å². The van der Waals surface area contributed by atoms with E-state index in [1.807, 2.05) is 25.1 Å². The molecule has 90 valence electrons. The fourth-order valence-corrected chi connectivity index (χ4v) is 2.10. The molecule has 0 radical (unpaired) electrons. The van der Waals surface area contributed by atoms with Crippen LogP contribution >= 0.6 is 11.6 Å². The molecule has 3 heteroatoms. The number of benzene rings is 2. The van der Waals surface area contributed by atoms with Crippen LogP contribution in [0.3, 0.4) is 0 Å². The lowest BCUT2D eigenvalue weighted by Crippen LogP contribution is -1.90. The molecule has 0 saturated heterocycles. The Balaban J connectivity index is 2.48. The Morgan fingerprint density at radius 2 is 1.89 bits per heavy atom. The first kappa shape index (κ1) is 12.6. The van der Waals surface area contributed by atoms with Gasteiger partial charge in [0, 0.05) is 10.6 Å². The van der Waals surface area contributed by atoms with E-state index in [1.165, 1.54) is 6.07 Å². The Kier molecular flexibility index (Phi) is 3.64. The number of nitrogens with zero attached hydrogens (tertiary/aromatic N) is 1. The highest BCUT2D eigenvalue weighted by Crippen LogP contribution is 2.28. The van der Waals surface area contributed by atoms with Crippen LogP contribution in [0.2, 0.25) is 5.02 Å². The van der Waals surface area contributed by atoms with Crippen LogP contribution < -0.4 is 0 Å². The van der Waals surface area contributed by atoms with Gasteiger partial charge in [0.1, 0.15) is 5.82 Å². The Morgan fingerprint density at radius 1 is 1.17 bits per heavy atom. The van der Waals surface area contributed by atoms with Gasteiger partial charge in [-0.05, 0) is 41.8 Å². The summed E-state index contributed by atoms with van der Waals surface area (Å²) in [4.78, 5) is 0. The molecule has 0 aliphatic rings. The zero-order valence-electron chi connectivity index (χ0n) is 9.87. The smallest absolute Gasteiger partial charge is 0.132 e. The molecule has 18 heavy (non-hydrogen) atoms. The standard InChI is InChI=1S/C15H11ClFN/c1-10-8-11(6-7-18)2-4-13(10)14-5-3-12(16)9-15(14)17/h2-5,8-9H,6H2,1H3. The molecule has 0 aliphatic carbocycles. The molecular formula is C15H11ClFN. The Morgan fingerprint density at radius 3 is 2.50 bits per heavy atom. The molecule has 2 aromatic rings. The van der Waals surface area contributed by atoms with E-state index in [-0.39, 0.29) is 5.82 Å². The van der Waals surface area contributed by atoms with Gasteiger partial charge in [-0.3, -0.25) is 0 Å². The van der Waals surface area contributed by atoms with Gasteiger partial charge in [-0.15, -0.1) is 0 Å². The molecule has 0 aliphatic heterocycles. The van der Waals surface area contributed by atoms with E-state index in [0.717, 1.165) is 16.7 Å². The maximum Gasteiger partial charge on any atom is 0.132 e. The van der Waals surface area contributed by atoms with Gasteiger partial charge in [-0.25, -0.2) is 4.39 Å². The maximum absolute atomic E-state index is 13.8. The van der Waals surface area contributed by atoms with Crippen LogP contribution in [-0.4, -0.2) is 0 Å². The number of nitriles is 1. The second-order valence-electron chi connectivity index (χ2n) is 4.11. The predicted octanol–water partition coefficient (Wildman–Crippen LogP) is 4.52. The van der Waals surface area contributed by atoms with Crippen LogP contribution in [0.1, 0.15) is 11.1 Å². The van der Waals surface area contributed by atoms with E-state index < -0.39 is 0 Å². The molecule has 0 amide bonds. The first-order valence-electron chi connectivity index (χ1n) is 5.53. The highest BCUT2D eigenvalue weighted by atomic mass is 35.5. The van der Waals surface area contributed by atoms with Crippen molar-refractivity contribution in [3.63, 3.8) is 0 Å². The molecule has 0 saturated carbocycles. The van der Waals surface area contributed by atoms with Gasteiger partial charge in [-0.1, -0.05) is 29.8 Å². The number of hydrogen-bond donors (Lipinski definition) is 0. The average molecular weight is 260 g/mol. The fourth-order valence-electron chi connectivity index (χ4n) is 1.94. The molecule has 2 rings (SSSR count). The molecule has 0 unspecified atom stereocenters. The third-order valence-corrected chi connectivity index (χ3v) is 3.03. The van der Waals surface area contributed by atoms with Crippen molar-refractivity contribution >= 4 is 11.6 Å². The molecule has 0 heterocycles. The van der Waals surface area contributed by atoms with E-state index in [0.29, 0.717) is 17.0 Å². The van der Waals surface area contributed by atoms with E-state index >= 15 is 0 Å². The predicted molar refractivity (Wildman–Crippen MR) is 70.9 cm³/mol. The topological polar surface area (TPSA) is 23.8 Å². The first-order chi connectivity index (χ1) is 8.61. The molecule has 2 aromatic carbocycles. The normalized spacial score (nSPS) is 10.1. The average Bonchev–Trinajstić information content (AvgIpc) is 2.31. The summed E-state index contributed by atoms with van der Waals surface area (Å²) in [6.07, 6.45) is 0.365. The van der Waals surface area contributed by atoms with Gasteiger partial charge in [0.2, 0.25) is 0 Å². The molecule has 0 aromatic heterocycles. The van der Waals surface area contributed by atoms with Crippen LogP contribution in [0.5, 0.6) is 0 Å². The molecule has 0 fully saturated rings. The summed E-state index contributed by atoms with van der Waals surface area (Å²) in [7, 11) is 0. The van der Waals surface area contributed by atoms with E-state index in [2.05, 4.69) is 6.07 Å². The lowest BCUT2D eigenvalue weighted by Gasteiger charge is -2.09. The number of halogens is 2. The summed E-state index contributed by atoms with van der Waals surface area (Å²) in [5.41, 5.74) is 3.24. The SMILES string of the molecule is Cc1cc(CC#N)ccc1-c1ccc(Cl)cc1F.